The number of rotatable bonds is 5. The van der Waals surface area contributed by atoms with Gasteiger partial charge >= 0.3 is 0 Å². The Kier molecular flexibility index (Phi) is 4.01. The number of benzene rings is 1. The Balaban J connectivity index is 1.73. The van der Waals surface area contributed by atoms with Gasteiger partial charge in [-0.25, -0.2) is 0 Å². The molecule has 21 heavy (non-hydrogen) atoms. The summed E-state index contributed by atoms with van der Waals surface area (Å²) in [5.74, 6) is 1.97. The fraction of sp³-hybridized carbons (Fsp3) is 0.562. The van der Waals surface area contributed by atoms with Crippen molar-refractivity contribution in [2.24, 2.45) is 5.92 Å². The van der Waals surface area contributed by atoms with E-state index in [1.807, 2.05) is 13.0 Å². The number of fused-ring (bicyclic) bond motifs is 1. The van der Waals surface area contributed by atoms with E-state index in [9.17, 15) is 4.79 Å². The van der Waals surface area contributed by atoms with Crippen LogP contribution in [0.3, 0.4) is 0 Å². The van der Waals surface area contributed by atoms with Gasteiger partial charge in [0.25, 0.3) is 0 Å². The lowest BCUT2D eigenvalue weighted by molar-refractivity contribution is -0.126. The zero-order valence-corrected chi connectivity index (χ0v) is 12.6. The predicted molar refractivity (Wildman–Crippen MR) is 79.6 cm³/mol. The SMILES string of the molecule is CCOc1cc2c(cc1CNC(=O)C1CNC1)OC(C)C2. The fourth-order valence-electron chi connectivity index (χ4n) is 2.71. The van der Waals surface area contributed by atoms with Gasteiger partial charge in [0.15, 0.2) is 0 Å². The highest BCUT2D eigenvalue weighted by Gasteiger charge is 2.25. The standard InChI is InChI=1S/C16H22N2O3/c1-3-20-14-5-11-4-10(2)21-15(11)6-12(14)9-18-16(19)13-7-17-8-13/h5-6,10,13,17H,3-4,7-9H2,1-2H3,(H,18,19). The molecule has 1 aromatic rings. The minimum atomic E-state index is 0.103. The van der Waals surface area contributed by atoms with Crippen LogP contribution in [0, 0.1) is 5.92 Å². The molecule has 1 atom stereocenters. The van der Waals surface area contributed by atoms with Gasteiger partial charge < -0.3 is 20.1 Å². The van der Waals surface area contributed by atoms with Crippen LogP contribution < -0.4 is 20.1 Å². The van der Waals surface area contributed by atoms with Crippen molar-refractivity contribution in [2.75, 3.05) is 19.7 Å². The van der Waals surface area contributed by atoms with E-state index in [1.165, 1.54) is 5.56 Å². The molecule has 1 amide bonds. The first kappa shape index (κ1) is 14.2. The van der Waals surface area contributed by atoms with Crippen molar-refractivity contribution < 1.29 is 14.3 Å². The van der Waals surface area contributed by atoms with Gasteiger partial charge in [0.2, 0.25) is 5.91 Å². The number of nitrogens with one attached hydrogen (secondary N) is 2. The quantitative estimate of drug-likeness (QED) is 0.857. The third-order valence-corrected chi connectivity index (χ3v) is 3.98. The van der Waals surface area contributed by atoms with Gasteiger partial charge in [-0.15, -0.1) is 0 Å². The minimum absolute atomic E-state index is 0.103. The van der Waals surface area contributed by atoms with Crippen molar-refractivity contribution in [3.05, 3.63) is 23.3 Å². The predicted octanol–water partition coefficient (Wildman–Crippen LogP) is 1.24. The highest BCUT2D eigenvalue weighted by molar-refractivity contribution is 5.80. The zero-order valence-electron chi connectivity index (χ0n) is 12.6. The first-order valence-electron chi connectivity index (χ1n) is 7.61. The summed E-state index contributed by atoms with van der Waals surface area (Å²) in [6.07, 6.45) is 1.12. The molecular formula is C16H22N2O3. The van der Waals surface area contributed by atoms with Gasteiger partial charge in [-0.05, 0) is 26.0 Å². The number of amides is 1. The average molecular weight is 290 g/mol. The second kappa shape index (κ2) is 5.93. The van der Waals surface area contributed by atoms with Crippen molar-refractivity contribution in [3.63, 3.8) is 0 Å². The van der Waals surface area contributed by atoms with E-state index in [0.29, 0.717) is 13.2 Å². The fourth-order valence-corrected chi connectivity index (χ4v) is 2.71. The number of hydrogen-bond donors (Lipinski definition) is 2. The van der Waals surface area contributed by atoms with E-state index < -0.39 is 0 Å². The third kappa shape index (κ3) is 2.97. The maximum atomic E-state index is 11.9. The molecule has 2 N–H and O–H groups in total. The van der Waals surface area contributed by atoms with Gasteiger partial charge in [0, 0.05) is 37.2 Å². The van der Waals surface area contributed by atoms with Crippen molar-refractivity contribution >= 4 is 5.91 Å². The lowest BCUT2D eigenvalue weighted by Crippen LogP contribution is -2.50. The van der Waals surface area contributed by atoms with Crippen molar-refractivity contribution in [3.8, 4) is 11.5 Å². The molecular weight excluding hydrogens is 268 g/mol. The van der Waals surface area contributed by atoms with E-state index in [-0.39, 0.29) is 17.9 Å². The molecule has 2 heterocycles. The molecule has 0 aliphatic carbocycles. The van der Waals surface area contributed by atoms with Crippen LogP contribution in [0.15, 0.2) is 12.1 Å². The summed E-state index contributed by atoms with van der Waals surface area (Å²) < 4.78 is 11.5. The topological polar surface area (TPSA) is 59.6 Å². The van der Waals surface area contributed by atoms with E-state index in [4.69, 9.17) is 9.47 Å². The molecule has 0 radical (unpaired) electrons. The van der Waals surface area contributed by atoms with Crippen LogP contribution in [-0.4, -0.2) is 31.7 Å². The number of carbonyl (C=O) groups is 1. The van der Waals surface area contributed by atoms with E-state index in [2.05, 4.69) is 23.6 Å². The van der Waals surface area contributed by atoms with Gasteiger partial charge in [-0.2, -0.15) is 0 Å². The smallest absolute Gasteiger partial charge is 0.225 e. The molecule has 1 fully saturated rings. The third-order valence-electron chi connectivity index (χ3n) is 3.98. The Morgan fingerprint density at radius 2 is 2.29 bits per heavy atom. The maximum Gasteiger partial charge on any atom is 0.225 e. The summed E-state index contributed by atoms with van der Waals surface area (Å²) in [4.78, 5) is 11.9. The Morgan fingerprint density at radius 3 is 2.95 bits per heavy atom. The highest BCUT2D eigenvalue weighted by atomic mass is 16.5. The molecule has 1 unspecified atom stereocenters. The largest absolute Gasteiger partial charge is 0.494 e. The minimum Gasteiger partial charge on any atom is -0.494 e. The summed E-state index contributed by atoms with van der Waals surface area (Å²) in [7, 11) is 0. The van der Waals surface area contributed by atoms with Crippen molar-refractivity contribution in [1.82, 2.24) is 10.6 Å². The van der Waals surface area contributed by atoms with Crippen LogP contribution in [0.2, 0.25) is 0 Å². The van der Waals surface area contributed by atoms with E-state index in [0.717, 1.165) is 36.6 Å². The van der Waals surface area contributed by atoms with E-state index >= 15 is 0 Å². The summed E-state index contributed by atoms with van der Waals surface area (Å²) in [6.45, 7) is 6.67. The van der Waals surface area contributed by atoms with Crippen LogP contribution in [0.25, 0.3) is 0 Å². The molecule has 0 aromatic heterocycles. The van der Waals surface area contributed by atoms with Crippen molar-refractivity contribution in [1.29, 1.82) is 0 Å². The lowest BCUT2D eigenvalue weighted by atomic mass is 10.0. The molecule has 5 nitrogen and oxygen atoms in total. The highest BCUT2D eigenvalue weighted by Crippen LogP contribution is 2.35. The van der Waals surface area contributed by atoms with Gasteiger partial charge in [-0.3, -0.25) is 4.79 Å². The molecule has 0 bridgehead atoms. The molecule has 114 valence electrons. The molecule has 2 aliphatic heterocycles. The van der Waals surface area contributed by atoms with Crippen LogP contribution in [-0.2, 0) is 17.8 Å². The first-order valence-corrected chi connectivity index (χ1v) is 7.61. The number of carbonyl (C=O) groups excluding carboxylic acids is 1. The lowest BCUT2D eigenvalue weighted by Gasteiger charge is -2.26. The second-order valence-electron chi connectivity index (χ2n) is 5.71. The monoisotopic (exact) mass is 290 g/mol. The zero-order chi connectivity index (χ0) is 14.8. The summed E-state index contributed by atoms with van der Waals surface area (Å²) >= 11 is 0. The molecule has 0 saturated carbocycles. The summed E-state index contributed by atoms with van der Waals surface area (Å²) in [6, 6.07) is 4.05. The Hall–Kier alpha value is -1.75. The first-order chi connectivity index (χ1) is 10.2. The molecule has 1 aromatic carbocycles. The number of ether oxygens (including phenoxy) is 2. The number of hydrogen-bond acceptors (Lipinski definition) is 4. The van der Waals surface area contributed by atoms with Crippen LogP contribution in [0.5, 0.6) is 11.5 Å². The molecule has 0 spiro atoms. The normalized spacial score (nSPS) is 20.4. The van der Waals surface area contributed by atoms with Gasteiger partial charge in [0.1, 0.15) is 17.6 Å². The summed E-state index contributed by atoms with van der Waals surface area (Å²) in [5.41, 5.74) is 2.16. The Morgan fingerprint density at radius 1 is 1.48 bits per heavy atom. The molecule has 5 heteroatoms. The van der Waals surface area contributed by atoms with E-state index in [1.54, 1.807) is 0 Å². The van der Waals surface area contributed by atoms with Crippen LogP contribution in [0.4, 0.5) is 0 Å². The Bertz CT molecular complexity index is 541. The second-order valence-corrected chi connectivity index (χ2v) is 5.71. The Labute approximate surface area is 125 Å². The maximum absolute atomic E-state index is 11.9. The molecule has 2 aliphatic rings. The molecule has 3 rings (SSSR count). The average Bonchev–Trinajstić information content (AvgIpc) is 2.73. The van der Waals surface area contributed by atoms with Gasteiger partial charge in [-0.1, -0.05) is 0 Å². The van der Waals surface area contributed by atoms with Crippen LogP contribution in [0.1, 0.15) is 25.0 Å². The molecule has 1 saturated heterocycles. The van der Waals surface area contributed by atoms with Crippen molar-refractivity contribution in [2.45, 2.75) is 32.9 Å². The van der Waals surface area contributed by atoms with Gasteiger partial charge in [0.05, 0.1) is 12.5 Å². The summed E-state index contributed by atoms with van der Waals surface area (Å²) in [5, 5.41) is 6.09. The van der Waals surface area contributed by atoms with Crippen LogP contribution >= 0.6 is 0 Å².